The van der Waals surface area contributed by atoms with Crippen molar-refractivity contribution in [1.29, 1.82) is 0 Å². The Kier molecular flexibility index (Phi) is 4.87. The zero-order valence-corrected chi connectivity index (χ0v) is 19.0. The van der Waals surface area contributed by atoms with Gasteiger partial charge in [-0.3, -0.25) is 0 Å². The molecule has 3 fully saturated rings. The van der Waals surface area contributed by atoms with Gasteiger partial charge in [-0.1, -0.05) is 36.7 Å². The van der Waals surface area contributed by atoms with Gasteiger partial charge in [-0.05, 0) is 75.0 Å². The minimum atomic E-state index is -0.744. The Morgan fingerprint density at radius 3 is 2.52 bits per heavy atom. The zero-order valence-electron chi connectivity index (χ0n) is 19.0. The number of nitrogens with zero attached hydrogens (tertiary/aromatic N) is 2. The molecule has 4 aliphatic carbocycles. The summed E-state index contributed by atoms with van der Waals surface area (Å²) >= 11 is 0. The highest BCUT2D eigenvalue weighted by Crippen LogP contribution is 2.68. The van der Waals surface area contributed by atoms with Gasteiger partial charge in [0.2, 0.25) is 5.54 Å². The third-order valence-electron chi connectivity index (χ3n) is 10.1. The first-order valence-electron chi connectivity index (χ1n) is 12.0. The van der Waals surface area contributed by atoms with Crippen molar-refractivity contribution < 1.29 is 20.0 Å². The molecule has 0 unspecified atom stereocenters. The maximum absolute atomic E-state index is 11.7. The van der Waals surface area contributed by atoms with E-state index >= 15 is 0 Å². The van der Waals surface area contributed by atoms with Crippen LogP contribution >= 0.6 is 0 Å². The number of fused-ring (bicyclic) bond motifs is 5. The molecule has 1 aromatic rings. The molecule has 8 atom stereocenters. The van der Waals surface area contributed by atoms with Gasteiger partial charge in [0, 0.05) is 17.5 Å². The molecule has 0 spiro atoms. The van der Waals surface area contributed by atoms with Crippen molar-refractivity contribution in [2.24, 2.45) is 33.7 Å². The lowest BCUT2D eigenvalue weighted by Crippen LogP contribution is -2.72. The van der Waals surface area contributed by atoms with Crippen LogP contribution < -0.4 is 4.57 Å². The second-order valence-electron chi connectivity index (χ2n) is 11.1. The van der Waals surface area contributed by atoms with E-state index in [0.717, 1.165) is 44.9 Å². The monoisotopic (exact) mass is 425 g/mol. The molecule has 0 aromatic carbocycles. The topological polar surface area (TPSA) is 76.9 Å². The van der Waals surface area contributed by atoms with Gasteiger partial charge in [-0.15, -0.1) is 0 Å². The number of allylic oxidation sites excluding steroid dienone is 1. The Hall–Kier alpha value is -1.72. The van der Waals surface area contributed by atoms with Crippen LogP contribution in [-0.4, -0.2) is 33.3 Å². The number of hydrogen-bond acceptors (Lipinski definition) is 4. The van der Waals surface area contributed by atoms with Gasteiger partial charge in [0.25, 0.3) is 0 Å². The lowest BCUT2D eigenvalue weighted by molar-refractivity contribution is -0.766. The van der Waals surface area contributed by atoms with E-state index in [1.807, 2.05) is 37.5 Å². The van der Waals surface area contributed by atoms with Crippen molar-refractivity contribution in [3.63, 3.8) is 0 Å². The first kappa shape index (κ1) is 21.1. The van der Waals surface area contributed by atoms with Crippen molar-refractivity contribution in [3.05, 3.63) is 42.2 Å². The molecule has 5 nitrogen and oxygen atoms in total. The average Bonchev–Trinajstić information content (AvgIpc) is 3.01. The highest BCUT2D eigenvalue weighted by molar-refractivity contribution is 5.89. The molecule has 0 bridgehead atoms. The third-order valence-corrected chi connectivity index (χ3v) is 10.1. The molecule has 1 aromatic heterocycles. The number of aromatic nitrogens is 1. The van der Waals surface area contributed by atoms with Crippen LogP contribution in [0, 0.1) is 28.6 Å². The van der Waals surface area contributed by atoms with Gasteiger partial charge in [0.15, 0.2) is 12.4 Å². The Bertz CT molecular complexity index is 914. The number of aliphatic hydroxyl groups is 2. The van der Waals surface area contributed by atoms with Crippen LogP contribution in [0.1, 0.15) is 65.7 Å². The van der Waals surface area contributed by atoms with Crippen molar-refractivity contribution in [2.45, 2.75) is 83.5 Å². The molecule has 0 saturated heterocycles. The first-order chi connectivity index (χ1) is 14.8. The SMILES string of the molecule is CC(=NO)[C@@]1([n+]2ccccc2)[C@H](O)C[C@H]2[C@H]3CC=C4C[C@@H](O)CC[C@]4(C)[C@@H]3CC[C@@]21C. The fraction of sp³-hybridized carbons (Fsp3) is 0.692. The van der Waals surface area contributed by atoms with Crippen LogP contribution in [0.5, 0.6) is 0 Å². The summed E-state index contributed by atoms with van der Waals surface area (Å²) in [6, 6.07) is 5.97. The molecule has 1 heterocycles. The summed E-state index contributed by atoms with van der Waals surface area (Å²) in [4.78, 5) is 0. The lowest BCUT2D eigenvalue weighted by Gasteiger charge is -2.58. The fourth-order valence-corrected chi connectivity index (χ4v) is 8.68. The lowest BCUT2D eigenvalue weighted by atomic mass is 9.46. The summed E-state index contributed by atoms with van der Waals surface area (Å²) in [5.41, 5.74) is 1.28. The summed E-state index contributed by atoms with van der Waals surface area (Å²) in [6.07, 6.45) is 12.3. The van der Waals surface area contributed by atoms with Crippen LogP contribution in [0.3, 0.4) is 0 Å². The van der Waals surface area contributed by atoms with E-state index in [1.165, 1.54) is 5.57 Å². The van der Waals surface area contributed by atoms with Gasteiger partial charge in [0.1, 0.15) is 11.8 Å². The van der Waals surface area contributed by atoms with Gasteiger partial charge in [0.05, 0.1) is 6.10 Å². The summed E-state index contributed by atoms with van der Waals surface area (Å²) in [7, 11) is 0. The predicted octanol–water partition coefficient (Wildman–Crippen LogP) is 3.81. The smallest absolute Gasteiger partial charge is 0.239 e. The van der Waals surface area contributed by atoms with Crippen LogP contribution in [0.25, 0.3) is 0 Å². The van der Waals surface area contributed by atoms with Crippen LogP contribution in [0.4, 0.5) is 0 Å². The van der Waals surface area contributed by atoms with Crippen molar-refractivity contribution in [3.8, 4) is 0 Å². The van der Waals surface area contributed by atoms with Gasteiger partial charge in [-0.25, -0.2) is 0 Å². The summed E-state index contributed by atoms with van der Waals surface area (Å²) in [5, 5.41) is 35.5. The molecule has 31 heavy (non-hydrogen) atoms. The van der Waals surface area contributed by atoms with E-state index in [1.54, 1.807) is 0 Å². The zero-order chi connectivity index (χ0) is 22.0. The summed E-state index contributed by atoms with van der Waals surface area (Å²) < 4.78 is 2.11. The van der Waals surface area contributed by atoms with Gasteiger partial charge in [-0.2, -0.15) is 4.57 Å². The summed E-state index contributed by atoms with van der Waals surface area (Å²) in [6.45, 7) is 6.62. The van der Waals surface area contributed by atoms with E-state index in [0.29, 0.717) is 23.5 Å². The van der Waals surface area contributed by atoms with E-state index in [2.05, 4.69) is 29.6 Å². The first-order valence-corrected chi connectivity index (χ1v) is 12.0. The molecule has 3 saturated carbocycles. The molecular weight excluding hydrogens is 388 g/mol. The minimum Gasteiger partial charge on any atom is -0.411 e. The van der Waals surface area contributed by atoms with E-state index in [-0.39, 0.29) is 16.9 Å². The Morgan fingerprint density at radius 1 is 1.06 bits per heavy atom. The molecule has 3 N–H and O–H groups in total. The van der Waals surface area contributed by atoms with E-state index in [9.17, 15) is 15.4 Å². The molecule has 0 aliphatic heterocycles. The van der Waals surface area contributed by atoms with Crippen LogP contribution in [0.2, 0.25) is 0 Å². The van der Waals surface area contributed by atoms with Gasteiger partial charge >= 0.3 is 0 Å². The highest BCUT2D eigenvalue weighted by atomic mass is 16.4. The number of pyridine rings is 1. The normalized spacial score (nSPS) is 47.2. The third kappa shape index (κ3) is 2.62. The Morgan fingerprint density at radius 2 is 1.81 bits per heavy atom. The van der Waals surface area contributed by atoms with E-state index < -0.39 is 11.6 Å². The van der Waals surface area contributed by atoms with Crippen molar-refractivity contribution >= 4 is 5.71 Å². The largest absolute Gasteiger partial charge is 0.411 e. The highest BCUT2D eigenvalue weighted by Gasteiger charge is 2.74. The molecule has 0 amide bonds. The number of oxime groups is 1. The Balaban J connectivity index is 1.61. The number of hydrogen-bond donors (Lipinski definition) is 3. The molecule has 5 heteroatoms. The average molecular weight is 426 g/mol. The van der Waals surface area contributed by atoms with Crippen molar-refractivity contribution in [1.82, 2.24) is 0 Å². The minimum absolute atomic E-state index is 0.166. The van der Waals surface area contributed by atoms with Crippen LogP contribution in [-0.2, 0) is 5.54 Å². The quantitative estimate of drug-likeness (QED) is 0.222. The Labute approximate surface area is 185 Å². The summed E-state index contributed by atoms with van der Waals surface area (Å²) in [5.74, 6) is 1.45. The fourth-order valence-electron chi connectivity index (χ4n) is 8.68. The molecular formula is C26H37N2O3+. The van der Waals surface area contributed by atoms with Crippen molar-refractivity contribution in [2.75, 3.05) is 0 Å². The standard InChI is InChI=1S/C26H36N2O3/c1-17(27-31)26(28-13-5-4-6-14-28)23(30)16-22-20-8-7-18-15-19(29)9-11-24(18,2)21(20)10-12-25(22,26)3/h4-7,13-14,19-23,29-30H,8-12,15-16H2,1-3H3/p+1/t19-,20-,21+,22-,23+,24-,25-,26+/m0/s1. The van der Waals surface area contributed by atoms with E-state index in [4.69, 9.17) is 0 Å². The van der Waals surface area contributed by atoms with Crippen LogP contribution in [0.15, 0.2) is 47.4 Å². The number of aliphatic hydroxyl groups excluding tert-OH is 2. The molecule has 4 aliphatic rings. The predicted molar refractivity (Wildman–Crippen MR) is 119 cm³/mol. The number of rotatable bonds is 2. The second-order valence-corrected chi connectivity index (χ2v) is 11.1. The molecule has 0 radical (unpaired) electrons. The molecule has 5 rings (SSSR count). The van der Waals surface area contributed by atoms with Gasteiger partial charge < -0.3 is 15.4 Å². The maximum atomic E-state index is 11.7. The molecule has 168 valence electrons. The maximum Gasteiger partial charge on any atom is 0.239 e. The second kappa shape index (κ2) is 7.14.